The summed E-state index contributed by atoms with van der Waals surface area (Å²) in [5.41, 5.74) is 4.62. The number of ether oxygens (including phenoxy) is 3. The molecular weight excluding hydrogens is 430 g/mol. The van der Waals surface area contributed by atoms with Crippen molar-refractivity contribution in [2.24, 2.45) is 5.10 Å². The lowest BCUT2D eigenvalue weighted by Gasteiger charge is -2.11. The summed E-state index contributed by atoms with van der Waals surface area (Å²) in [5.74, 6) is 0.832. The number of methoxy groups -OCH3 is 2. The van der Waals surface area contributed by atoms with E-state index in [4.69, 9.17) is 14.2 Å². The Bertz CT molecular complexity index is 986. The maximum absolute atomic E-state index is 12.4. The monoisotopic (exact) mass is 459 g/mol. The van der Waals surface area contributed by atoms with Gasteiger partial charge in [-0.1, -0.05) is 13.3 Å². The third kappa shape index (κ3) is 5.79. The molecule has 3 rings (SSSR count). The largest absolute Gasteiger partial charge is 0.493 e. The van der Waals surface area contributed by atoms with Crippen molar-refractivity contribution in [3.8, 4) is 11.5 Å². The highest BCUT2D eigenvalue weighted by Gasteiger charge is 2.26. The Labute approximate surface area is 191 Å². The van der Waals surface area contributed by atoms with Crippen molar-refractivity contribution in [1.29, 1.82) is 0 Å². The molecule has 0 saturated heterocycles. The summed E-state index contributed by atoms with van der Waals surface area (Å²) in [6, 6.07) is 4.90. The van der Waals surface area contributed by atoms with Crippen molar-refractivity contribution in [1.82, 2.24) is 5.43 Å². The fourth-order valence-electron chi connectivity index (χ4n) is 3.48. The summed E-state index contributed by atoms with van der Waals surface area (Å²) < 4.78 is 16.0. The van der Waals surface area contributed by atoms with Crippen molar-refractivity contribution in [2.45, 2.75) is 45.4 Å². The molecule has 2 N–H and O–H groups in total. The van der Waals surface area contributed by atoms with Gasteiger partial charge in [0.2, 0.25) is 0 Å². The molecule has 0 radical (unpaired) electrons. The lowest BCUT2D eigenvalue weighted by atomic mass is 9.95. The number of urea groups is 1. The van der Waals surface area contributed by atoms with Crippen LogP contribution in [-0.2, 0) is 17.6 Å². The molecule has 0 aliphatic heterocycles. The van der Waals surface area contributed by atoms with Crippen LogP contribution in [-0.4, -0.2) is 39.0 Å². The van der Waals surface area contributed by atoms with Gasteiger partial charge in [-0.2, -0.15) is 5.10 Å². The second-order valence-corrected chi connectivity index (χ2v) is 8.45. The van der Waals surface area contributed by atoms with E-state index >= 15 is 0 Å². The Hall–Kier alpha value is -3.07. The Kier molecular flexibility index (Phi) is 8.49. The van der Waals surface area contributed by atoms with E-state index in [1.165, 1.54) is 24.7 Å². The smallest absolute Gasteiger partial charge is 0.341 e. The van der Waals surface area contributed by atoms with E-state index in [1.807, 2.05) is 12.1 Å². The fraction of sp³-hybridized carbons (Fsp3) is 0.435. The second kappa shape index (κ2) is 11.5. The number of hydrogen-bond acceptors (Lipinski definition) is 7. The Morgan fingerprint density at radius 3 is 2.75 bits per heavy atom. The predicted octanol–water partition coefficient (Wildman–Crippen LogP) is 4.76. The summed E-state index contributed by atoms with van der Waals surface area (Å²) in [5, 5.41) is 7.23. The number of anilines is 1. The van der Waals surface area contributed by atoms with Crippen LogP contribution in [0, 0.1) is 0 Å². The average molecular weight is 460 g/mol. The molecule has 1 aromatic carbocycles. The van der Waals surface area contributed by atoms with Crippen LogP contribution in [0.1, 0.15) is 59.0 Å². The van der Waals surface area contributed by atoms with Gasteiger partial charge in [0.05, 0.1) is 32.6 Å². The molecule has 0 fully saturated rings. The number of nitrogens with zero attached hydrogens (tertiary/aromatic N) is 1. The second-order valence-electron chi connectivity index (χ2n) is 7.34. The summed E-state index contributed by atoms with van der Waals surface area (Å²) in [6.45, 7) is 2.73. The molecule has 0 spiro atoms. The van der Waals surface area contributed by atoms with E-state index in [0.29, 0.717) is 28.7 Å². The number of benzene rings is 1. The molecule has 8 nitrogen and oxygen atoms in total. The number of rotatable bonds is 9. The number of esters is 1. The highest BCUT2D eigenvalue weighted by molar-refractivity contribution is 7.17. The first-order valence-corrected chi connectivity index (χ1v) is 11.5. The number of hydrogen-bond donors (Lipinski definition) is 2. The van der Waals surface area contributed by atoms with Crippen LogP contribution in [0.25, 0.3) is 0 Å². The van der Waals surface area contributed by atoms with E-state index in [0.717, 1.165) is 54.5 Å². The molecule has 0 saturated carbocycles. The number of carbonyl (C=O) groups is 2. The molecule has 2 aromatic rings. The van der Waals surface area contributed by atoms with Crippen LogP contribution in [0.5, 0.6) is 11.5 Å². The number of hydrazone groups is 1. The average Bonchev–Trinajstić information content (AvgIpc) is 3.17. The minimum Gasteiger partial charge on any atom is -0.493 e. The maximum Gasteiger partial charge on any atom is 0.341 e. The van der Waals surface area contributed by atoms with Crippen LogP contribution in [0.3, 0.4) is 0 Å². The third-order valence-corrected chi connectivity index (χ3v) is 6.32. The highest BCUT2D eigenvalue weighted by Crippen LogP contribution is 2.38. The summed E-state index contributed by atoms with van der Waals surface area (Å²) >= 11 is 1.42. The molecule has 1 heterocycles. The normalized spacial score (nSPS) is 12.8. The van der Waals surface area contributed by atoms with E-state index < -0.39 is 12.0 Å². The van der Waals surface area contributed by atoms with E-state index in [2.05, 4.69) is 22.8 Å². The van der Waals surface area contributed by atoms with Gasteiger partial charge in [-0.25, -0.2) is 15.0 Å². The van der Waals surface area contributed by atoms with Gasteiger partial charge in [0.25, 0.3) is 0 Å². The first-order valence-electron chi connectivity index (χ1n) is 10.7. The molecule has 1 aromatic heterocycles. The van der Waals surface area contributed by atoms with Gasteiger partial charge >= 0.3 is 12.0 Å². The van der Waals surface area contributed by atoms with Crippen molar-refractivity contribution < 1.29 is 23.8 Å². The maximum atomic E-state index is 12.4. The lowest BCUT2D eigenvalue weighted by molar-refractivity contribution is 0.0601. The number of thiophene rings is 1. The van der Waals surface area contributed by atoms with Gasteiger partial charge in [-0.15, -0.1) is 11.3 Å². The minimum atomic E-state index is -0.531. The van der Waals surface area contributed by atoms with Crippen LogP contribution < -0.4 is 20.2 Å². The zero-order valence-electron chi connectivity index (χ0n) is 18.7. The molecule has 0 atom stereocenters. The molecular formula is C23H29N3O5S. The molecule has 2 amide bonds. The number of fused-ring (bicyclic) bond motifs is 1. The molecule has 1 aliphatic rings. The van der Waals surface area contributed by atoms with Crippen LogP contribution in [0.2, 0.25) is 0 Å². The predicted molar refractivity (Wildman–Crippen MR) is 125 cm³/mol. The van der Waals surface area contributed by atoms with E-state index in [-0.39, 0.29) is 0 Å². The first-order chi connectivity index (χ1) is 15.6. The number of unbranched alkanes of at least 4 members (excludes halogenated alkanes) is 1. The van der Waals surface area contributed by atoms with Gasteiger partial charge in [0, 0.05) is 4.88 Å². The number of nitrogens with one attached hydrogen (secondary N) is 2. The van der Waals surface area contributed by atoms with Gasteiger partial charge in [0.1, 0.15) is 5.00 Å². The van der Waals surface area contributed by atoms with Crippen molar-refractivity contribution in [3.63, 3.8) is 0 Å². The van der Waals surface area contributed by atoms with Crippen molar-refractivity contribution in [2.75, 3.05) is 26.1 Å². The third-order valence-electron chi connectivity index (χ3n) is 5.11. The molecule has 32 heavy (non-hydrogen) atoms. The summed E-state index contributed by atoms with van der Waals surface area (Å²) in [4.78, 5) is 25.8. The fourth-order valence-corrected chi connectivity index (χ4v) is 4.75. The summed E-state index contributed by atoms with van der Waals surface area (Å²) in [6.07, 6.45) is 7.36. The minimum absolute atomic E-state index is 0.434. The van der Waals surface area contributed by atoms with Crippen LogP contribution >= 0.6 is 11.3 Å². The molecule has 9 heteroatoms. The molecule has 0 bridgehead atoms. The number of aryl methyl sites for hydroxylation is 1. The zero-order chi connectivity index (χ0) is 22.9. The summed E-state index contributed by atoms with van der Waals surface area (Å²) in [7, 11) is 2.92. The Morgan fingerprint density at radius 2 is 2.00 bits per heavy atom. The zero-order valence-corrected chi connectivity index (χ0v) is 19.5. The van der Waals surface area contributed by atoms with Crippen LogP contribution in [0.15, 0.2) is 23.3 Å². The highest BCUT2D eigenvalue weighted by atomic mass is 32.1. The quantitative estimate of drug-likeness (QED) is 0.244. The topological polar surface area (TPSA) is 98.2 Å². The van der Waals surface area contributed by atoms with Gasteiger partial charge in [0.15, 0.2) is 11.5 Å². The van der Waals surface area contributed by atoms with Crippen molar-refractivity contribution >= 4 is 34.6 Å². The Morgan fingerprint density at radius 1 is 1.19 bits per heavy atom. The SMILES string of the molecule is CCCCOc1ccc(C=NNC(=O)Nc2sc3c(c2C(=O)OC)CCCC3)cc1OC. The molecule has 0 unspecified atom stereocenters. The molecule has 1 aliphatic carbocycles. The first kappa shape index (κ1) is 23.6. The van der Waals surface area contributed by atoms with Crippen molar-refractivity contribution in [3.05, 3.63) is 39.8 Å². The van der Waals surface area contributed by atoms with Crippen LogP contribution in [0.4, 0.5) is 9.80 Å². The van der Waals surface area contributed by atoms with E-state index in [9.17, 15) is 9.59 Å². The lowest BCUT2D eigenvalue weighted by Crippen LogP contribution is -2.24. The Balaban J connectivity index is 1.64. The van der Waals surface area contributed by atoms with E-state index in [1.54, 1.807) is 13.2 Å². The molecule has 172 valence electrons. The van der Waals surface area contributed by atoms with Gasteiger partial charge in [-0.3, -0.25) is 5.32 Å². The number of amides is 2. The van der Waals surface area contributed by atoms with Gasteiger partial charge < -0.3 is 14.2 Å². The van der Waals surface area contributed by atoms with Gasteiger partial charge in [-0.05, 0) is 61.4 Å². The standard InChI is InChI=1S/C23H29N3O5S/c1-4-5-12-31-17-11-10-15(13-18(17)29-2)14-24-26-23(28)25-21-20(22(27)30-3)16-8-6-7-9-19(16)32-21/h10-11,13-14H,4-9,12H2,1-3H3,(H2,25,26,28). The number of carbonyl (C=O) groups excluding carboxylic acids is 2.